The molecule has 2 aromatic rings. The lowest BCUT2D eigenvalue weighted by Crippen LogP contribution is -2.08. The summed E-state index contributed by atoms with van der Waals surface area (Å²) in [7, 11) is 0.0872. The minimum atomic E-state index is -3.32. The molecule has 108 valence electrons. The highest BCUT2D eigenvalue weighted by molar-refractivity contribution is 7.92. The Bertz CT molecular complexity index is 664. The Balaban J connectivity index is 2.34. The van der Waals surface area contributed by atoms with E-state index in [0.717, 1.165) is 5.56 Å². The van der Waals surface area contributed by atoms with Gasteiger partial charge in [0.15, 0.2) is 9.84 Å². The third kappa shape index (κ3) is 3.39. The summed E-state index contributed by atoms with van der Waals surface area (Å²) >= 11 is 1.24. The molecule has 0 atom stereocenters. The second-order valence-electron chi connectivity index (χ2n) is 4.37. The molecule has 0 aliphatic heterocycles. The summed E-state index contributed by atoms with van der Waals surface area (Å²) in [4.78, 5) is 0. The number of thiophene rings is 1. The van der Waals surface area contributed by atoms with Crippen LogP contribution in [0.15, 0.2) is 39.9 Å². The molecular formula is C14H17NO3S2. The van der Waals surface area contributed by atoms with Crippen LogP contribution in [0.25, 0.3) is 0 Å². The van der Waals surface area contributed by atoms with Crippen molar-refractivity contribution in [2.24, 2.45) is 0 Å². The minimum absolute atomic E-state index is 0.0474. The monoisotopic (exact) mass is 311 g/mol. The van der Waals surface area contributed by atoms with Gasteiger partial charge in [0.05, 0.1) is 12.9 Å². The van der Waals surface area contributed by atoms with E-state index in [1.165, 1.54) is 11.3 Å². The minimum Gasteiger partial charge on any atom is -0.496 e. The number of hydrogen-bond donors (Lipinski definition) is 1. The number of sulfone groups is 1. The third-order valence-electron chi connectivity index (χ3n) is 2.87. The average Bonchev–Trinajstić information content (AvgIpc) is 2.94. The fourth-order valence-electron chi connectivity index (χ4n) is 1.98. The van der Waals surface area contributed by atoms with Gasteiger partial charge in [0.1, 0.15) is 9.96 Å². The van der Waals surface area contributed by atoms with Crippen molar-refractivity contribution in [1.82, 2.24) is 5.32 Å². The molecule has 1 aromatic carbocycles. The van der Waals surface area contributed by atoms with E-state index >= 15 is 0 Å². The summed E-state index contributed by atoms with van der Waals surface area (Å²) in [6, 6.07) is 8.99. The lowest BCUT2D eigenvalue weighted by molar-refractivity contribution is 0.410. The second-order valence-corrected chi connectivity index (χ2v) is 7.53. The molecule has 1 aromatic heterocycles. The van der Waals surface area contributed by atoms with Gasteiger partial charge in [-0.1, -0.05) is 12.1 Å². The normalized spacial score (nSPS) is 11.5. The molecule has 6 heteroatoms. The zero-order chi connectivity index (χ0) is 14.6. The summed E-state index contributed by atoms with van der Waals surface area (Å²) in [5.74, 6) is 0.554. The van der Waals surface area contributed by atoms with Crippen molar-refractivity contribution in [2.45, 2.75) is 16.5 Å². The molecule has 0 amide bonds. The SMILES string of the molecule is CNCc1ccc(OC)c(CS(=O)(=O)c2cccs2)c1. The van der Waals surface area contributed by atoms with Crippen LogP contribution in [0, 0.1) is 0 Å². The van der Waals surface area contributed by atoms with Crippen molar-refractivity contribution < 1.29 is 13.2 Å². The number of rotatable bonds is 6. The van der Waals surface area contributed by atoms with Crippen molar-refractivity contribution >= 4 is 21.2 Å². The van der Waals surface area contributed by atoms with Crippen LogP contribution in [0.3, 0.4) is 0 Å². The highest BCUT2D eigenvalue weighted by Gasteiger charge is 2.19. The topological polar surface area (TPSA) is 55.4 Å². The summed E-state index contributed by atoms with van der Waals surface area (Å²) in [5, 5.41) is 4.82. The number of benzene rings is 1. The van der Waals surface area contributed by atoms with Gasteiger partial charge >= 0.3 is 0 Å². The van der Waals surface area contributed by atoms with Gasteiger partial charge in [0.2, 0.25) is 0 Å². The first-order valence-electron chi connectivity index (χ1n) is 6.13. The average molecular weight is 311 g/mol. The Hall–Kier alpha value is -1.37. The van der Waals surface area contributed by atoms with Crippen LogP contribution in [-0.4, -0.2) is 22.6 Å². The molecule has 0 saturated carbocycles. The predicted molar refractivity (Wildman–Crippen MR) is 81.0 cm³/mol. The molecule has 20 heavy (non-hydrogen) atoms. The Morgan fingerprint density at radius 2 is 2.10 bits per heavy atom. The Kier molecular flexibility index (Phi) is 4.80. The standard InChI is InChI=1S/C14H17NO3S2/c1-15-9-11-5-6-13(18-2)12(8-11)10-20(16,17)14-4-3-7-19-14/h3-8,15H,9-10H2,1-2H3. The molecule has 4 nitrogen and oxygen atoms in total. The Morgan fingerprint density at radius 1 is 1.30 bits per heavy atom. The number of nitrogens with one attached hydrogen (secondary N) is 1. The molecule has 0 unspecified atom stereocenters. The fourth-order valence-corrected chi connectivity index (χ4v) is 4.42. The summed E-state index contributed by atoms with van der Waals surface area (Å²) < 4.78 is 30.3. The largest absolute Gasteiger partial charge is 0.496 e. The second kappa shape index (κ2) is 6.39. The molecule has 0 bridgehead atoms. The maximum Gasteiger partial charge on any atom is 0.192 e. The zero-order valence-corrected chi connectivity index (χ0v) is 13.1. The molecule has 1 heterocycles. The molecule has 0 saturated heterocycles. The van der Waals surface area contributed by atoms with E-state index in [0.29, 0.717) is 22.1 Å². The van der Waals surface area contributed by atoms with Crippen molar-refractivity contribution in [2.75, 3.05) is 14.2 Å². The Morgan fingerprint density at radius 3 is 2.70 bits per heavy atom. The van der Waals surface area contributed by atoms with E-state index < -0.39 is 9.84 Å². The molecule has 2 rings (SSSR count). The molecule has 0 aliphatic carbocycles. The number of ether oxygens (including phenoxy) is 1. The smallest absolute Gasteiger partial charge is 0.192 e. The maximum absolute atomic E-state index is 12.3. The van der Waals surface area contributed by atoms with E-state index in [1.54, 1.807) is 24.6 Å². The summed E-state index contributed by atoms with van der Waals surface area (Å²) in [6.45, 7) is 0.691. The molecular weight excluding hydrogens is 294 g/mol. The van der Waals surface area contributed by atoms with E-state index in [4.69, 9.17) is 4.74 Å². The van der Waals surface area contributed by atoms with Gasteiger partial charge in [-0.25, -0.2) is 8.42 Å². The van der Waals surface area contributed by atoms with Crippen LogP contribution >= 0.6 is 11.3 Å². The lowest BCUT2D eigenvalue weighted by atomic mass is 10.1. The van der Waals surface area contributed by atoms with Crippen molar-refractivity contribution in [1.29, 1.82) is 0 Å². The van der Waals surface area contributed by atoms with Crippen molar-refractivity contribution in [3.05, 3.63) is 46.8 Å². The van der Waals surface area contributed by atoms with Gasteiger partial charge in [-0.05, 0) is 36.2 Å². The molecule has 0 spiro atoms. The van der Waals surface area contributed by atoms with Crippen LogP contribution in [0.5, 0.6) is 5.75 Å². The number of hydrogen-bond acceptors (Lipinski definition) is 5. The molecule has 0 radical (unpaired) electrons. The zero-order valence-electron chi connectivity index (χ0n) is 11.4. The molecule has 1 N–H and O–H groups in total. The Labute approximate surface area is 123 Å². The van der Waals surface area contributed by atoms with Crippen LogP contribution < -0.4 is 10.1 Å². The lowest BCUT2D eigenvalue weighted by Gasteiger charge is -2.11. The van der Waals surface area contributed by atoms with Crippen molar-refractivity contribution in [3.63, 3.8) is 0 Å². The first-order chi connectivity index (χ1) is 9.56. The van der Waals surface area contributed by atoms with Gasteiger partial charge in [0.25, 0.3) is 0 Å². The van der Waals surface area contributed by atoms with E-state index in [1.807, 2.05) is 25.2 Å². The van der Waals surface area contributed by atoms with Gasteiger partial charge in [-0.3, -0.25) is 0 Å². The van der Waals surface area contributed by atoms with Gasteiger partial charge in [0, 0.05) is 12.1 Å². The molecule has 0 fully saturated rings. The fraction of sp³-hybridized carbons (Fsp3) is 0.286. The van der Waals surface area contributed by atoms with Gasteiger partial charge in [-0.2, -0.15) is 0 Å². The predicted octanol–water partition coefficient (Wildman–Crippen LogP) is 2.45. The third-order valence-corrected chi connectivity index (χ3v) is 6.03. The first-order valence-corrected chi connectivity index (χ1v) is 8.66. The van der Waals surface area contributed by atoms with E-state index in [-0.39, 0.29) is 5.75 Å². The highest BCUT2D eigenvalue weighted by Crippen LogP contribution is 2.27. The summed E-state index contributed by atoms with van der Waals surface area (Å²) in [5.41, 5.74) is 1.72. The molecule has 0 aliphatic rings. The van der Waals surface area contributed by atoms with Crippen LogP contribution in [0.1, 0.15) is 11.1 Å². The highest BCUT2D eigenvalue weighted by atomic mass is 32.2. The van der Waals surface area contributed by atoms with Crippen LogP contribution in [0.2, 0.25) is 0 Å². The van der Waals surface area contributed by atoms with E-state index in [9.17, 15) is 8.42 Å². The first kappa shape index (κ1) is 15.0. The quantitative estimate of drug-likeness (QED) is 0.890. The van der Waals surface area contributed by atoms with Crippen LogP contribution in [-0.2, 0) is 22.1 Å². The van der Waals surface area contributed by atoms with E-state index in [2.05, 4.69) is 5.32 Å². The van der Waals surface area contributed by atoms with Crippen molar-refractivity contribution in [3.8, 4) is 5.75 Å². The van der Waals surface area contributed by atoms with Gasteiger partial charge in [-0.15, -0.1) is 11.3 Å². The maximum atomic E-state index is 12.3. The summed E-state index contributed by atoms with van der Waals surface area (Å²) in [6.07, 6.45) is 0. The van der Waals surface area contributed by atoms with Gasteiger partial charge < -0.3 is 10.1 Å². The number of methoxy groups -OCH3 is 1. The van der Waals surface area contributed by atoms with Crippen LogP contribution in [0.4, 0.5) is 0 Å².